The maximum Gasteiger partial charge on any atom is 0.201 e. The number of nitrogens with zero attached hydrogens (tertiary/aromatic N) is 8. The molecule has 43 heavy (non-hydrogen) atoms. The summed E-state index contributed by atoms with van der Waals surface area (Å²) >= 11 is 6.43. The van der Waals surface area contributed by atoms with E-state index in [1.165, 1.54) is 13.3 Å². The highest BCUT2D eigenvalue weighted by molar-refractivity contribution is 6.29. The molecule has 0 N–H and O–H groups in total. The van der Waals surface area contributed by atoms with Gasteiger partial charge in [-0.25, -0.2) is 18.4 Å². The highest BCUT2D eigenvalue weighted by atomic mass is 35.5. The second kappa shape index (κ2) is 11.7. The molecule has 228 valence electrons. The standard InChI is InChI=1S/C29H33ClF2N8O3/c1-17-28(35-36-40(17)21-10-20(11-21)37-3-5-38(6-4-37)22-14-42-15-22)18-7-26-33-13-25(30)39(26)27(8-18)43-16-24(41-2)29-23(32)9-19(31)12-34-29/h7-9,12-13,20-22,24H,3-6,10-11,14-16H2,1-2H3. The maximum absolute atomic E-state index is 14.4. The van der Waals surface area contributed by atoms with Crippen LogP contribution in [-0.2, 0) is 9.47 Å². The van der Waals surface area contributed by atoms with E-state index in [9.17, 15) is 8.78 Å². The van der Waals surface area contributed by atoms with Crippen molar-refractivity contribution in [1.82, 2.24) is 39.2 Å². The van der Waals surface area contributed by atoms with Gasteiger partial charge in [-0.1, -0.05) is 16.8 Å². The van der Waals surface area contributed by atoms with Crippen LogP contribution in [0, 0.1) is 18.6 Å². The normalized spacial score (nSPS) is 22.4. The van der Waals surface area contributed by atoms with E-state index in [1.54, 1.807) is 10.5 Å². The van der Waals surface area contributed by atoms with Gasteiger partial charge in [0.1, 0.15) is 46.5 Å². The van der Waals surface area contributed by atoms with Gasteiger partial charge >= 0.3 is 0 Å². The monoisotopic (exact) mass is 614 g/mol. The van der Waals surface area contributed by atoms with Gasteiger partial charge in [-0.2, -0.15) is 0 Å². The van der Waals surface area contributed by atoms with E-state index in [2.05, 4.69) is 30.1 Å². The minimum atomic E-state index is -0.883. The zero-order valence-electron chi connectivity index (χ0n) is 24.0. The number of hydrogen-bond donors (Lipinski definition) is 0. The predicted octanol–water partition coefficient (Wildman–Crippen LogP) is 3.71. The van der Waals surface area contributed by atoms with Crippen LogP contribution in [0.1, 0.15) is 36.4 Å². The van der Waals surface area contributed by atoms with E-state index >= 15 is 0 Å². The van der Waals surface area contributed by atoms with Gasteiger partial charge in [0.25, 0.3) is 0 Å². The number of pyridine rings is 2. The van der Waals surface area contributed by atoms with Crippen molar-refractivity contribution in [2.45, 2.75) is 44.0 Å². The van der Waals surface area contributed by atoms with E-state index in [0.717, 1.165) is 81.4 Å². The van der Waals surface area contributed by atoms with E-state index in [1.807, 2.05) is 17.7 Å². The lowest BCUT2D eigenvalue weighted by atomic mass is 9.85. The van der Waals surface area contributed by atoms with Crippen molar-refractivity contribution in [2.75, 3.05) is 53.1 Å². The van der Waals surface area contributed by atoms with Crippen molar-refractivity contribution in [2.24, 2.45) is 0 Å². The summed E-state index contributed by atoms with van der Waals surface area (Å²) in [6.07, 6.45) is 3.68. The van der Waals surface area contributed by atoms with Crippen molar-refractivity contribution in [3.63, 3.8) is 0 Å². The minimum Gasteiger partial charge on any atom is -0.475 e. The largest absolute Gasteiger partial charge is 0.475 e. The van der Waals surface area contributed by atoms with E-state index in [-0.39, 0.29) is 12.3 Å². The van der Waals surface area contributed by atoms with Crippen LogP contribution in [0.4, 0.5) is 8.78 Å². The molecule has 4 aromatic rings. The molecule has 3 aliphatic rings. The predicted molar refractivity (Wildman–Crippen MR) is 153 cm³/mol. The summed E-state index contributed by atoms with van der Waals surface area (Å²) in [7, 11) is 1.41. The van der Waals surface area contributed by atoms with Gasteiger partial charge in [0.15, 0.2) is 0 Å². The molecule has 0 spiro atoms. The SMILES string of the molecule is COC(COc1cc(-c2nnn(C3CC(N4CCN(C5COC5)CC4)C3)c2C)cc2ncc(Cl)n12)c1ncc(F)cc1F. The Morgan fingerprint density at radius 3 is 2.42 bits per heavy atom. The molecule has 1 unspecified atom stereocenters. The number of aromatic nitrogens is 6. The fraction of sp³-hybridized carbons (Fsp3) is 0.517. The first-order chi connectivity index (χ1) is 20.9. The highest BCUT2D eigenvalue weighted by Gasteiger charge is 2.39. The first-order valence-electron chi connectivity index (χ1n) is 14.5. The van der Waals surface area contributed by atoms with Gasteiger partial charge in [0.2, 0.25) is 5.88 Å². The summed E-state index contributed by atoms with van der Waals surface area (Å²) < 4.78 is 48.3. The van der Waals surface area contributed by atoms with Crippen LogP contribution in [-0.4, -0.2) is 104 Å². The number of rotatable bonds is 9. The highest BCUT2D eigenvalue weighted by Crippen LogP contribution is 2.38. The van der Waals surface area contributed by atoms with Crippen LogP contribution in [0.25, 0.3) is 16.9 Å². The fourth-order valence-electron chi connectivity index (χ4n) is 6.28. The Labute approximate surface area is 252 Å². The second-order valence-electron chi connectivity index (χ2n) is 11.4. The summed E-state index contributed by atoms with van der Waals surface area (Å²) in [5.41, 5.74) is 2.95. The number of hydrogen-bond acceptors (Lipinski definition) is 9. The summed E-state index contributed by atoms with van der Waals surface area (Å²) in [4.78, 5) is 13.4. The van der Waals surface area contributed by atoms with Crippen molar-refractivity contribution < 1.29 is 23.0 Å². The van der Waals surface area contributed by atoms with Crippen LogP contribution in [0.3, 0.4) is 0 Å². The third-order valence-corrected chi connectivity index (χ3v) is 9.24. The number of methoxy groups -OCH3 is 1. The molecule has 4 aromatic heterocycles. The van der Waals surface area contributed by atoms with E-state index in [4.69, 9.17) is 25.8 Å². The first kappa shape index (κ1) is 28.5. The molecular formula is C29H33ClF2N8O3. The Morgan fingerprint density at radius 1 is 1.00 bits per heavy atom. The van der Waals surface area contributed by atoms with Crippen LogP contribution in [0.15, 0.2) is 30.6 Å². The van der Waals surface area contributed by atoms with E-state index < -0.39 is 17.7 Å². The molecule has 6 heterocycles. The molecule has 0 amide bonds. The van der Waals surface area contributed by atoms with Gasteiger partial charge in [0.05, 0.1) is 43.4 Å². The third-order valence-electron chi connectivity index (χ3n) is 8.98. The third kappa shape index (κ3) is 5.37. The summed E-state index contributed by atoms with van der Waals surface area (Å²) in [6.45, 7) is 8.06. The Kier molecular flexibility index (Phi) is 7.76. The molecule has 2 aliphatic heterocycles. The van der Waals surface area contributed by atoms with Crippen molar-refractivity contribution in [3.8, 4) is 17.1 Å². The molecule has 0 aromatic carbocycles. The van der Waals surface area contributed by atoms with Crippen LogP contribution in [0.2, 0.25) is 5.15 Å². The van der Waals surface area contributed by atoms with Gasteiger partial charge in [-0.15, -0.1) is 5.10 Å². The molecule has 1 atom stereocenters. The molecule has 2 saturated heterocycles. The average molecular weight is 615 g/mol. The molecule has 11 nitrogen and oxygen atoms in total. The average Bonchev–Trinajstić information content (AvgIpc) is 3.51. The maximum atomic E-state index is 14.4. The Morgan fingerprint density at radius 2 is 1.74 bits per heavy atom. The Hall–Kier alpha value is -3.23. The Balaban J connectivity index is 1.06. The van der Waals surface area contributed by atoms with Gasteiger partial charge in [-0.05, 0) is 25.8 Å². The number of ether oxygens (including phenoxy) is 3. The number of piperazine rings is 1. The zero-order chi connectivity index (χ0) is 29.7. The first-order valence-corrected chi connectivity index (χ1v) is 14.9. The molecular weight excluding hydrogens is 582 g/mol. The molecule has 1 aliphatic carbocycles. The molecule has 7 rings (SSSR count). The van der Waals surface area contributed by atoms with Crippen molar-refractivity contribution >= 4 is 17.2 Å². The second-order valence-corrected chi connectivity index (χ2v) is 11.8. The Bertz CT molecular complexity index is 1610. The zero-order valence-corrected chi connectivity index (χ0v) is 24.8. The van der Waals surface area contributed by atoms with Gasteiger partial charge < -0.3 is 14.2 Å². The lowest BCUT2D eigenvalue weighted by Gasteiger charge is -2.48. The topological polar surface area (TPSA) is 95.1 Å². The summed E-state index contributed by atoms with van der Waals surface area (Å²) in [6, 6.07) is 5.92. The smallest absolute Gasteiger partial charge is 0.201 e. The lowest BCUT2D eigenvalue weighted by molar-refractivity contribution is -0.0842. The molecule has 0 radical (unpaired) electrons. The van der Waals surface area contributed by atoms with Crippen molar-refractivity contribution in [1.29, 1.82) is 0 Å². The number of halogens is 3. The van der Waals surface area contributed by atoms with Gasteiger partial charge in [-0.3, -0.25) is 19.2 Å². The quantitative estimate of drug-likeness (QED) is 0.280. The summed E-state index contributed by atoms with van der Waals surface area (Å²) in [5.74, 6) is -1.22. The van der Waals surface area contributed by atoms with Crippen LogP contribution >= 0.6 is 11.6 Å². The van der Waals surface area contributed by atoms with Crippen LogP contribution in [0.5, 0.6) is 5.88 Å². The summed E-state index contributed by atoms with van der Waals surface area (Å²) in [5, 5.41) is 9.43. The number of imidazole rings is 1. The van der Waals surface area contributed by atoms with Crippen LogP contribution < -0.4 is 4.74 Å². The lowest BCUT2D eigenvalue weighted by Crippen LogP contribution is -2.59. The molecule has 14 heteroatoms. The fourth-order valence-corrected chi connectivity index (χ4v) is 6.50. The molecule has 3 fully saturated rings. The van der Waals surface area contributed by atoms with Gasteiger partial charge in [0, 0.05) is 57.0 Å². The number of fused-ring (bicyclic) bond motifs is 1. The molecule has 1 saturated carbocycles. The van der Waals surface area contributed by atoms with E-state index in [0.29, 0.717) is 34.8 Å². The van der Waals surface area contributed by atoms with Crippen molar-refractivity contribution in [3.05, 3.63) is 58.8 Å². The molecule has 0 bridgehead atoms. The minimum absolute atomic E-state index is 0.0551.